The van der Waals surface area contributed by atoms with Crippen molar-refractivity contribution in [2.45, 2.75) is 38.6 Å². The number of rotatable bonds is 2. The van der Waals surface area contributed by atoms with E-state index in [4.69, 9.17) is 0 Å². The average Bonchev–Trinajstić information content (AvgIpc) is 2.91. The van der Waals surface area contributed by atoms with Crippen LogP contribution in [0.25, 0.3) is 0 Å². The Morgan fingerprint density at radius 1 is 1.29 bits per heavy atom. The molecule has 3 atom stereocenters. The number of hydrogen-bond donors (Lipinski definition) is 1. The summed E-state index contributed by atoms with van der Waals surface area (Å²) >= 11 is 0. The smallest absolute Gasteiger partial charge is 0.251 e. The Balaban J connectivity index is 1.68. The van der Waals surface area contributed by atoms with E-state index in [1.807, 2.05) is 31.2 Å². The monoisotopic (exact) mass is 229 g/mol. The lowest BCUT2D eigenvalue weighted by molar-refractivity contribution is 0.0923. The summed E-state index contributed by atoms with van der Waals surface area (Å²) < 4.78 is 0. The molecule has 2 fully saturated rings. The second-order valence-corrected chi connectivity index (χ2v) is 5.62. The van der Waals surface area contributed by atoms with Gasteiger partial charge in [0.05, 0.1) is 0 Å². The van der Waals surface area contributed by atoms with Gasteiger partial charge in [-0.2, -0.15) is 0 Å². The first-order valence-corrected chi connectivity index (χ1v) is 6.60. The van der Waals surface area contributed by atoms with Crippen LogP contribution in [0, 0.1) is 18.8 Å². The largest absolute Gasteiger partial charge is 0.349 e. The van der Waals surface area contributed by atoms with E-state index in [1.54, 1.807) is 0 Å². The molecule has 0 aromatic heterocycles. The second kappa shape index (κ2) is 4.17. The zero-order valence-electron chi connectivity index (χ0n) is 10.3. The predicted molar refractivity (Wildman–Crippen MR) is 67.9 cm³/mol. The van der Waals surface area contributed by atoms with Crippen LogP contribution in [0.4, 0.5) is 0 Å². The number of hydrogen-bond acceptors (Lipinski definition) is 1. The molecule has 2 nitrogen and oxygen atoms in total. The molecule has 2 aliphatic rings. The first-order chi connectivity index (χ1) is 8.22. The van der Waals surface area contributed by atoms with Crippen molar-refractivity contribution >= 4 is 5.91 Å². The Bertz CT molecular complexity index is 440. The van der Waals surface area contributed by atoms with E-state index in [-0.39, 0.29) is 5.91 Å². The van der Waals surface area contributed by atoms with Crippen LogP contribution in [0.3, 0.4) is 0 Å². The highest BCUT2D eigenvalue weighted by atomic mass is 16.1. The minimum absolute atomic E-state index is 0.103. The Morgan fingerprint density at radius 2 is 2.18 bits per heavy atom. The highest BCUT2D eigenvalue weighted by Crippen LogP contribution is 2.44. The minimum atomic E-state index is 0.103. The molecule has 2 aliphatic carbocycles. The SMILES string of the molecule is Cc1cccc(C(=O)N[C@@H]2C[C@H]3CC[C@@H]2C3)c1. The van der Waals surface area contributed by atoms with Crippen LogP contribution < -0.4 is 5.32 Å². The molecule has 2 bridgehead atoms. The van der Waals surface area contributed by atoms with Crippen molar-refractivity contribution in [3.63, 3.8) is 0 Å². The lowest BCUT2D eigenvalue weighted by Crippen LogP contribution is -2.38. The molecule has 1 N–H and O–H groups in total. The summed E-state index contributed by atoms with van der Waals surface area (Å²) in [6, 6.07) is 8.26. The lowest BCUT2D eigenvalue weighted by Gasteiger charge is -2.22. The van der Waals surface area contributed by atoms with Crippen molar-refractivity contribution in [3.8, 4) is 0 Å². The molecule has 90 valence electrons. The molecule has 1 aromatic carbocycles. The van der Waals surface area contributed by atoms with Gasteiger partial charge in [0.25, 0.3) is 5.91 Å². The zero-order valence-corrected chi connectivity index (χ0v) is 10.3. The van der Waals surface area contributed by atoms with Gasteiger partial charge in [0.15, 0.2) is 0 Å². The maximum Gasteiger partial charge on any atom is 0.251 e. The Kier molecular flexibility index (Phi) is 2.65. The Morgan fingerprint density at radius 3 is 2.82 bits per heavy atom. The fourth-order valence-electron chi connectivity index (χ4n) is 3.46. The van der Waals surface area contributed by atoms with E-state index in [9.17, 15) is 4.79 Å². The standard InChI is InChI=1S/C15H19NO/c1-10-3-2-4-13(7-10)15(17)16-14-9-11-5-6-12(14)8-11/h2-4,7,11-12,14H,5-6,8-9H2,1H3,(H,16,17)/t11-,12+,14+/m0/s1. The Labute approximate surface area is 102 Å². The molecule has 2 saturated carbocycles. The van der Waals surface area contributed by atoms with Crippen LogP contribution in [0.5, 0.6) is 0 Å². The van der Waals surface area contributed by atoms with Gasteiger partial charge in [-0.1, -0.05) is 24.1 Å². The topological polar surface area (TPSA) is 29.1 Å². The summed E-state index contributed by atoms with van der Waals surface area (Å²) in [6.07, 6.45) is 5.21. The van der Waals surface area contributed by atoms with Crippen LogP contribution >= 0.6 is 0 Å². The fourth-order valence-corrected chi connectivity index (χ4v) is 3.46. The van der Waals surface area contributed by atoms with Gasteiger partial charge in [-0.3, -0.25) is 4.79 Å². The minimum Gasteiger partial charge on any atom is -0.349 e. The molecule has 3 rings (SSSR count). The van der Waals surface area contributed by atoms with Crippen molar-refractivity contribution in [1.29, 1.82) is 0 Å². The molecule has 0 heterocycles. The van der Waals surface area contributed by atoms with Gasteiger partial charge < -0.3 is 5.32 Å². The normalized spacial score (nSPS) is 30.5. The maximum absolute atomic E-state index is 12.1. The third-order valence-corrected chi connectivity index (χ3v) is 4.33. The van der Waals surface area contributed by atoms with Crippen molar-refractivity contribution in [3.05, 3.63) is 35.4 Å². The molecular formula is C15H19NO. The first kappa shape index (κ1) is 10.8. The number of carbonyl (C=O) groups excluding carboxylic acids is 1. The number of amides is 1. The molecule has 1 aromatic rings. The summed E-state index contributed by atoms with van der Waals surface area (Å²) in [5, 5.41) is 3.21. The van der Waals surface area contributed by atoms with Crippen molar-refractivity contribution < 1.29 is 4.79 Å². The van der Waals surface area contributed by atoms with E-state index < -0.39 is 0 Å². The highest BCUT2D eigenvalue weighted by Gasteiger charge is 2.40. The predicted octanol–water partition coefficient (Wildman–Crippen LogP) is 2.91. The molecule has 2 heteroatoms. The highest BCUT2D eigenvalue weighted by molar-refractivity contribution is 5.94. The zero-order chi connectivity index (χ0) is 11.8. The van der Waals surface area contributed by atoms with Crippen LogP contribution in [-0.2, 0) is 0 Å². The van der Waals surface area contributed by atoms with Gasteiger partial charge in [0, 0.05) is 11.6 Å². The first-order valence-electron chi connectivity index (χ1n) is 6.60. The van der Waals surface area contributed by atoms with Gasteiger partial charge in [-0.25, -0.2) is 0 Å². The quantitative estimate of drug-likeness (QED) is 0.830. The molecule has 0 saturated heterocycles. The molecular weight excluding hydrogens is 210 g/mol. The second-order valence-electron chi connectivity index (χ2n) is 5.62. The van der Waals surface area contributed by atoms with Gasteiger partial charge >= 0.3 is 0 Å². The number of benzene rings is 1. The summed E-state index contributed by atoms with van der Waals surface area (Å²) in [7, 11) is 0. The molecule has 1 amide bonds. The van der Waals surface area contributed by atoms with Gasteiger partial charge in [0.1, 0.15) is 0 Å². The summed E-state index contributed by atoms with van der Waals surface area (Å²) in [6.45, 7) is 2.02. The van der Waals surface area contributed by atoms with E-state index in [0.29, 0.717) is 6.04 Å². The van der Waals surface area contributed by atoms with Gasteiger partial charge in [-0.15, -0.1) is 0 Å². The third kappa shape index (κ3) is 2.08. The summed E-state index contributed by atoms with van der Waals surface area (Å²) in [4.78, 5) is 12.1. The van der Waals surface area contributed by atoms with E-state index in [1.165, 1.54) is 25.7 Å². The molecule has 0 radical (unpaired) electrons. The third-order valence-electron chi connectivity index (χ3n) is 4.33. The lowest BCUT2D eigenvalue weighted by atomic mass is 9.95. The van der Waals surface area contributed by atoms with Gasteiger partial charge in [-0.05, 0) is 50.2 Å². The van der Waals surface area contributed by atoms with Crippen LogP contribution in [0.15, 0.2) is 24.3 Å². The van der Waals surface area contributed by atoms with Crippen molar-refractivity contribution in [1.82, 2.24) is 5.32 Å². The van der Waals surface area contributed by atoms with E-state index in [0.717, 1.165) is 23.0 Å². The van der Waals surface area contributed by atoms with Crippen LogP contribution in [0.2, 0.25) is 0 Å². The van der Waals surface area contributed by atoms with Crippen LogP contribution in [0.1, 0.15) is 41.6 Å². The summed E-state index contributed by atoms with van der Waals surface area (Å²) in [5.41, 5.74) is 1.94. The van der Waals surface area contributed by atoms with E-state index in [2.05, 4.69) is 5.32 Å². The van der Waals surface area contributed by atoms with Gasteiger partial charge in [0.2, 0.25) is 0 Å². The summed E-state index contributed by atoms with van der Waals surface area (Å²) in [5.74, 6) is 1.72. The number of aryl methyl sites for hydroxylation is 1. The number of fused-ring (bicyclic) bond motifs is 2. The fraction of sp³-hybridized carbons (Fsp3) is 0.533. The van der Waals surface area contributed by atoms with E-state index >= 15 is 0 Å². The molecule has 0 spiro atoms. The number of carbonyl (C=O) groups is 1. The molecule has 0 unspecified atom stereocenters. The molecule has 0 aliphatic heterocycles. The van der Waals surface area contributed by atoms with Crippen LogP contribution in [-0.4, -0.2) is 11.9 Å². The maximum atomic E-state index is 12.1. The molecule has 17 heavy (non-hydrogen) atoms. The van der Waals surface area contributed by atoms with Crippen molar-refractivity contribution in [2.75, 3.05) is 0 Å². The van der Waals surface area contributed by atoms with Crippen molar-refractivity contribution in [2.24, 2.45) is 11.8 Å². The average molecular weight is 229 g/mol. The number of nitrogens with one attached hydrogen (secondary N) is 1. The Hall–Kier alpha value is -1.31.